The van der Waals surface area contributed by atoms with E-state index in [1.54, 1.807) is 18.7 Å². The number of rotatable bonds is 4. The summed E-state index contributed by atoms with van der Waals surface area (Å²) in [5.41, 5.74) is 1.12. The average Bonchev–Trinajstić information content (AvgIpc) is 2.75. The molecular weight excluding hydrogens is 168 g/mol. The molecule has 1 N–H and O–H groups in total. The van der Waals surface area contributed by atoms with Crippen LogP contribution in [0.1, 0.15) is 11.3 Å². The highest BCUT2D eigenvalue weighted by Crippen LogP contribution is 2.00. The molecule has 0 unspecified atom stereocenters. The van der Waals surface area contributed by atoms with Crippen LogP contribution in [-0.2, 0) is 13.1 Å². The van der Waals surface area contributed by atoms with Crippen LogP contribution >= 0.6 is 0 Å². The highest BCUT2D eigenvalue weighted by molar-refractivity contribution is 5.04. The topological polar surface area (TPSA) is 51.2 Å². The van der Waals surface area contributed by atoms with Crippen molar-refractivity contribution >= 4 is 0 Å². The first-order valence-electron chi connectivity index (χ1n) is 4.04. The quantitative estimate of drug-likeness (QED) is 0.771. The lowest BCUT2D eigenvalue weighted by Crippen LogP contribution is -2.11. The normalized spacial score (nSPS) is 10.5. The minimum absolute atomic E-state index is 0.686. The standard InChI is InChI=1S/C9H10N2O2/c1-2-12-6-8(1)3-10-4-9-5-11-7-13-9/h1-2,5-7,10H,3-4H2. The molecule has 13 heavy (non-hydrogen) atoms. The molecule has 4 nitrogen and oxygen atoms in total. The number of nitrogens with zero attached hydrogens (tertiary/aromatic N) is 1. The van der Waals surface area contributed by atoms with Crippen LogP contribution in [0.25, 0.3) is 0 Å². The van der Waals surface area contributed by atoms with E-state index in [4.69, 9.17) is 8.83 Å². The van der Waals surface area contributed by atoms with Crippen molar-refractivity contribution in [1.82, 2.24) is 10.3 Å². The Kier molecular flexibility index (Phi) is 2.43. The molecule has 68 valence electrons. The van der Waals surface area contributed by atoms with Crippen LogP contribution < -0.4 is 5.32 Å². The number of oxazole rings is 1. The van der Waals surface area contributed by atoms with Crippen molar-refractivity contribution in [3.63, 3.8) is 0 Å². The monoisotopic (exact) mass is 178 g/mol. The molecule has 0 aliphatic rings. The zero-order valence-electron chi connectivity index (χ0n) is 7.06. The van der Waals surface area contributed by atoms with Crippen LogP contribution in [0.5, 0.6) is 0 Å². The van der Waals surface area contributed by atoms with E-state index in [-0.39, 0.29) is 0 Å². The van der Waals surface area contributed by atoms with Crippen LogP contribution in [0, 0.1) is 0 Å². The first-order valence-corrected chi connectivity index (χ1v) is 4.04. The van der Waals surface area contributed by atoms with Gasteiger partial charge in [-0.25, -0.2) is 4.98 Å². The third-order valence-corrected chi connectivity index (χ3v) is 1.69. The van der Waals surface area contributed by atoms with E-state index in [9.17, 15) is 0 Å². The Morgan fingerprint density at radius 3 is 3.08 bits per heavy atom. The van der Waals surface area contributed by atoms with E-state index in [1.807, 2.05) is 6.07 Å². The van der Waals surface area contributed by atoms with Crippen LogP contribution in [0.2, 0.25) is 0 Å². The molecule has 0 saturated carbocycles. The van der Waals surface area contributed by atoms with Gasteiger partial charge >= 0.3 is 0 Å². The van der Waals surface area contributed by atoms with E-state index in [2.05, 4.69) is 10.3 Å². The van der Waals surface area contributed by atoms with E-state index in [0.29, 0.717) is 6.54 Å². The van der Waals surface area contributed by atoms with Crippen molar-refractivity contribution in [3.8, 4) is 0 Å². The summed E-state index contributed by atoms with van der Waals surface area (Å²) < 4.78 is 9.98. The van der Waals surface area contributed by atoms with Crippen molar-refractivity contribution < 1.29 is 8.83 Å². The second kappa shape index (κ2) is 3.91. The van der Waals surface area contributed by atoms with E-state index >= 15 is 0 Å². The van der Waals surface area contributed by atoms with E-state index in [1.165, 1.54) is 6.39 Å². The molecule has 2 rings (SSSR count). The number of nitrogens with one attached hydrogen (secondary N) is 1. The lowest BCUT2D eigenvalue weighted by atomic mass is 10.3. The summed E-state index contributed by atoms with van der Waals surface area (Å²) in [7, 11) is 0. The molecule has 0 saturated heterocycles. The maximum Gasteiger partial charge on any atom is 0.180 e. The molecule has 2 heterocycles. The largest absolute Gasteiger partial charge is 0.472 e. The summed E-state index contributed by atoms with van der Waals surface area (Å²) in [4.78, 5) is 3.81. The maximum atomic E-state index is 5.06. The Balaban J connectivity index is 1.76. The summed E-state index contributed by atoms with van der Waals surface area (Å²) in [6, 6.07) is 1.92. The second-order valence-corrected chi connectivity index (χ2v) is 2.70. The van der Waals surface area contributed by atoms with Crippen molar-refractivity contribution in [2.24, 2.45) is 0 Å². The molecule has 0 aromatic carbocycles. The predicted molar refractivity (Wildman–Crippen MR) is 45.8 cm³/mol. The molecule has 0 bridgehead atoms. The van der Waals surface area contributed by atoms with Gasteiger partial charge in [0.2, 0.25) is 0 Å². The highest BCUT2D eigenvalue weighted by atomic mass is 16.3. The molecule has 4 heteroatoms. The Morgan fingerprint density at radius 1 is 1.38 bits per heavy atom. The summed E-state index contributed by atoms with van der Waals surface area (Å²) >= 11 is 0. The molecule has 2 aromatic heterocycles. The van der Waals surface area contributed by atoms with Gasteiger partial charge in [0.05, 0.1) is 25.3 Å². The Hall–Kier alpha value is -1.55. The minimum Gasteiger partial charge on any atom is -0.472 e. The van der Waals surface area contributed by atoms with Gasteiger partial charge < -0.3 is 14.2 Å². The molecule has 0 aliphatic carbocycles. The van der Waals surface area contributed by atoms with Gasteiger partial charge in [0.1, 0.15) is 5.76 Å². The van der Waals surface area contributed by atoms with Gasteiger partial charge in [-0.2, -0.15) is 0 Å². The molecule has 0 atom stereocenters. The number of aromatic nitrogens is 1. The SMILES string of the molecule is c1cc(CNCc2cnco2)co1. The fraction of sp³-hybridized carbons (Fsp3) is 0.222. The van der Waals surface area contributed by atoms with E-state index < -0.39 is 0 Å². The molecule has 0 fully saturated rings. The molecule has 0 amide bonds. The van der Waals surface area contributed by atoms with Gasteiger partial charge in [-0.1, -0.05) is 0 Å². The Labute approximate surface area is 75.6 Å². The van der Waals surface area contributed by atoms with Gasteiger partial charge in [0.25, 0.3) is 0 Å². The third kappa shape index (κ3) is 2.19. The smallest absolute Gasteiger partial charge is 0.180 e. The van der Waals surface area contributed by atoms with Crippen molar-refractivity contribution in [2.75, 3.05) is 0 Å². The summed E-state index contributed by atoms with van der Waals surface area (Å²) in [5, 5.41) is 3.20. The first kappa shape index (κ1) is 8.07. The lowest BCUT2D eigenvalue weighted by Gasteiger charge is -1.97. The van der Waals surface area contributed by atoms with Crippen LogP contribution in [0.3, 0.4) is 0 Å². The van der Waals surface area contributed by atoms with Crippen LogP contribution in [0.15, 0.2) is 40.0 Å². The number of furan rings is 1. The van der Waals surface area contributed by atoms with Crippen molar-refractivity contribution in [3.05, 3.63) is 42.5 Å². The predicted octanol–water partition coefficient (Wildman–Crippen LogP) is 1.56. The Bertz CT molecular complexity index is 292. The van der Waals surface area contributed by atoms with Crippen molar-refractivity contribution in [2.45, 2.75) is 13.1 Å². The molecule has 0 spiro atoms. The molecule has 2 aromatic rings. The minimum atomic E-state index is 0.686. The van der Waals surface area contributed by atoms with Gasteiger partial charge in [-0.15, -0.1) is 0 Å². The highest BCUT2D eigenvalue weighted by Gasteiger charge is 1.96. The van der Waals surface area contributed by atoms with Crippen molar-refractivity contribution in [1.29, 1.82) is 0 Å². The van der Waals surface area contributed by atoms with E-state index in [0.717, 1.165) is 17.9 Å². The maximum absolute atomic E-state index is 5.06. The van der Waals surface area contributed by atoms with Crippen LogP contribution in [0.4, 0.5) is 0 Å². The third-order valence-electron chi connectivity index (χ3n) is 1.69. The zero-order valence-corrected chi connectivity index (χ0v) is 7.06. The average molecular weight is 178 g/mol. The molecule has 0 radical (unpaired) electrons. The van der Waals surface area contributed by atoms with Gasteiger partial charge in [-0.3, -0.25) is 0 Å². The Morgan fingerprint density at radius 2 is 2.38 bits per heavy atom. The second-order valence-electron chi connectivity index (χ2n) is 2.70. The fourth-order valence-corrected chi connectivity index (χ4v) is 1.05. The summed E-state index contributed by atoms with van der Waals surface area (Å²) in [5.74, 6) is 0.837. The first-order chi connectivity index (χ1) is 6.45. The lowest BCUT2D eigenvalue weighted by molar-refractivity contribution is 0.478. The summed E-state index contributed by atoms with van der Waals surface area (Å²) in [6.45, 7) is 1.46. The van der Waals surface area contributed by atoms with Gasteiger partial charge in [0.15, 0.2) is 6.39 Å². The fourth-order valence-electron chi connectivity index (χ4n) is 1.05. The van der Waals surface area contributed by atoms with Gasteiger partial charge in [-0.05, 0) is 6.07 Å². The molecule has 0 aliphatic heterocycles. The number of hydrogen-bond donors (Lipinski definition) is 1. The van der Waals surface area contributed by atoms with Gasteiger partial charge in [0, 0.05) is 12.1 Å². The number of hydrogen-bond acceptors (Lipinski definition) is 4. The molecular formula is C9H10N2O2. The summed E-state index contributed by atoms with van der Waals surface area (Å²) in [6.07, 6.45) is 6.50. The zero-order chi connectivity index (χ0) is 8.93. The van der Waals surface area contributed by atoms with Crippen LogP contribution in [-0.4, -0.2) is 4.98 Å².